The number of benzene rings is 2. The zero-order chi connectivity index (χ0) is 15.9. The first-order chi connectivity index (χ1) is 10.5. The second kappa shape index (κ2) is 5.16. The van der Waals surface area contributed by atoms with Crippen molar-refractivity contribution < 1.29 is 14.8 Å². The fourth-order valence-corrected chi connectivity index (χ4v) is 2.42. The van der Waals surface area contributed by atoms with Crippen LogP contribution >= 0.6 is 11.6 Å². The van der Waals surface area contributed by atoms with E-state index in [4.69, 9.17) is 11.6 Å². The first-order valence-electron chi connectivity index (χ1n) is 6.26. The Morgan fingerprint density at radius 2 is 2.00 bits per heavy atom. The molecule has 0 fully saturated rings. The van der Waals surface area contributed by atoms with Crippen LogP contribution in [-0.4, -0.2) is 15.9 Å². The maximum atomic E-state index is 12.0. The molecule has 1 aliphatic rings. The van der Waals surface area contributed by atoms with Gasteiger partial charge in [0.25, 0.3) is 5.91 Å². The Kier molecular flexibility index (Phi) is 3.30. The summed E-state index contributed by atoms with van der Waals surface area (Å²) in [5.41, 5.74) is 1.64. The van der Waals surface area contributed by atoms with Gasteiger partial charge >= 0.3 is 5.69 Å². The average Bonchev–Trinajstić information content (AvgIpc) is 2.76. The highest BCUT2D eigenvalue weighted by atomic mass is 35.5. The molecular formula is C15H9ClN2O4. The van der Waals surface area contributed by atoms with E-state index in [0.29, 0.717) is 27.4 Å². The molecule has 0 saturated heterocycles. The van der Waals surface area contributed by atoms with Crippen molar-refractivity contribution in [3.05, 3.63) is 62.7 Å². The number of fused-ring (bicyclic) bond motifs is 1. The monoisotopic (exact) mass is 316 g/mol. The van der Waals surface area contributed by atoms with E-state index in [-0.39, 0.29) is 5.91 Å². The van der Waals surface area contributed by atoms with E-state index < -0.39 is 16.4 Å². The summed E-state index contributed by atoms with van der Waals surface area (Å²) < 4.78 is 0. The maximum absolute atomic E-state index is 12.0. The minimum Gasteiger partial charge on any atom is -0.502 e. The van der Waals surface area contributed by atoms with Gasteiger partial charge in [0.1, 0.15) is 0 Å². The molecule has 2 aromatic carbocycles. The lowest BCUT2D eigenvalue weighted by molar-refractivity contribution is -0.385. The number of nitrogens with one attached hydrogen (secondary N) is 1. The molecule has 0 spiro atoms. The Hall–Kier alpha value is -2.86. The Morgan fingerprint density at radius 3 is 2.73 bits per heavy atom. The summed E-state index contributed by atoms with van der Waals surface area (Å²) in [6.45, 7) is 0. The fourth-order valence-electron chi connectivity index (χ4n) is 2.25. The van der Waals surface area contributed by atoms with Gasteiger partial charge in [-0.05, 0) is 35.9 Å². The predicted molar refractivity (Wildman–Crippen MR) is 82.7 cm³/mol. The number of nitro groups is 1. The van der Waals surface area contributed by atoms with Gasteiger partial charge in [-0.25, -0.2) is 0 Å². The molecule has 0 atom stereocenters. The van der Waals surface area contributed by atoms with Gasteiger partial charge in [0.15, 0.2) is 5.75 Å². The number of carbonyl (C=O) groups is 1. The van der Waals surface area contributed by atoms with E-state index >= 15 is 0 Å². The predicted octanol–water partition coefficient (Wildman–Crippen LogP) is 3.45. The van der Waals surface area contributed by atoms with Crippen molar-refractivity contribution in [1.82, 2.24) is 0 Å². The van der Waals surface area contributed by atoms with Gasteiger partial charge in [-0.3, -0.25) is 14.9 Å². The molecule has 2 aromatic rings. The number of halogens is 1. The molecule has 0 aromatic heterocycles. The highest BCUT2D eigenvalue weighted by Gasteiger charge is 2.24. The zero-order valence-electron chi connectivity index (χ0n) is 11.0. The van der Waals surface area contributed by atoms with Crippen molar-refractivity contribution in [2.75, 3.05) is 5.32 Å². The fraction of sp³-hybridized carbons (Fsp3) is 0. The number of anilines is 1. The molecule has 6 nitrogen and oxygen atoms in total. The summed E-state index contributed by atoms with van der Waals surface area (Å²) in [4.78, 5) is 22.2. The number of carbonyl (C=O) groups excluding carboxylic acids is 1. The van der Waals surface area contributed by atoms with Crippen LogP contribution in [0.3, 0.4) is 0 Å². The van der Waals surface area contributed by atoms with Crippen LogP contribution in [0.2, 0.25) is 5.02 Å². The second-order valence-electron chi connectivity index (χ2n) is 4.71. The van der Waals surface area contributed by atoms with Crippen LogP contribution in [0.5, 0.6) is 5.75 Å². The van der Waals surface area contributed by atoms with Crippen molar-refractivity contribution in [3.63, 3.8) is 0 Å². The number of hydrogen-bond donors (Lipinski definition) is 2. The molecule has 1 heterocycles. The minimum atomic E-state index is -0.684. The molecule has 110 valence electrons. The zero-order valence-corrected chi connectivity index (χ0v) is 11.8. The van der Waals surface area contributed by atoms with E-state index in [1.165, 1.54) is 24.3 Å². The van der Waals surface area contributed by atoms with Crippen molar-refractivity contribution in [2.45, 2.75) is 0 Å². The molecule has 7 heteroatoms. The maximum Gasteiger partial charge on any atom is 0.311 e. The van der Waals surface area contributed by atoms with Crippen LogP contribution < -0.4 is 5.32 Å². The van der Waals surface area contributed by atoms with Gasteiger partial charge in [-0.2, -0.15) is 0 Å². The number of amides is 1. The normalized spacial score (nSPS) is 14.8. The van der Waals surface area contributed by atoms with Crippen LogP contribution in [0.4, 0.5) is 11.4 Å². The number of hydrogen-bond acceptors (Lipinski definition) is 4. The molecular weight excluding hydrogens is 308 g/mol. The number of nitro benzene ring substituents is 1. The van der Waals surface area contributed by atoms with Crippen LogP contribution in [0.25, 0.3) is 11.6 Å². The third-order valence-electron chi connectivity index (χ3n) is 3.27. The summed E-state index contributed by atoms with van der Waals surface area (Å²) in [6, 6.07) is 8.92. The molecule has 0 radical (unpaired) electrons. The van der Waals surface area contributed by atoms with Crippen LogP contribution in [0, 0.1) is 10.1 Å². The first-order valence-corrected chi connectivity index (χ1v) is 6.64. The number of rotatable bonds is 2. The topological polar surface area (TPSA) is 92.5 Å². The molecule has 0 saturated carbocycles. The lowest BCUT2D eigenvalue weighted by Gasteiger charge is -2.01. The number of nitrogens with zero attached hydrogens (tertiary/aromatic N) is 1. The number of phenols is 1. The van der Waals surface area contributed by atoms with E-state index in [2.05, 4.69) is 5.32 Å². The Balaban J connectivity index is 2.10. The van der Waals surface area contributed by atoms with Crippen molar-refractivity contribution in [1.29, 1.82) is 0 Å². The summed E-state index contributed by atoms with van der Waals surface area (Å²) >= 11 is 5.94. The summed E-state index contributed by atoms with van der Waals surface area (Å²) in [5.74, 6) is -0.737. The molecule has 2 N–H and O–H groups in total. The van der Waals surface area contributed by atoms with Gasteiger partial charge < -0.3 is 10.4 Å². The Morgan fingerprint density at radius 1 is 1.23 bits per heavy atom. The molecule has 0 bridgehead atoms. The molecule has 3 rings (SSSR count). The second-order valence-corrected chi connectivity index (χ2v) is 5.14. The van der Waals surface area contributed by atoms with Crippen LogP contribution in [0.15, 0.2) is 36.4 Å². The molecule has 0 unspecified atom stereocenters. The first kappa shape index (κ1) is 14.1. The van der Waals surface area contributed by atoms with Gasteiger partial charge in [-0.1, -0.05) is 17.7 Å². The van der Waals surface area contributed by atoms with E-state index in [1.807, 2.05) is 0 Å². The van der Waals surface area contributed by atoms with Crippen molar-refractivity contribution in [3.8, 4) is 5.75 Å². The minimum absolute atomic E-state index is 0.312. The number of aromatic hydroxyl groups is 1. The quantitative estimate of drug-likeness (QED) is 0.504. The van der Waals surface area contributed by atoms with Crippen LogP contribution in [-0.2, 0) is 4.79 Å². The lowest BCUT2D eigenvalue weighted by Crippen LogP contribution is -2.03. The third kappa shape index (κ3) is 2.40. The van der Waals surface area contributed by atoms with Crippen molar-refractivity contribution in [2.24, 2.45) is 0 Å². The van der Waals surface area contributed by atoms with Gasteiger partial charge in [0.05, 0.1) is 4.92 Å². The third-order valence-corrected chi connectivity index (χ3v) is 3.51. The van der Waals surface area contributed by atoms with Crippen LogP contribution in [0.1, 0.15) is 11.1 Å². The SMILES string of the molecule is O=C1Nc2ccc(Cl)cc2C1=Cc1ccc(O)c([N+](=O)[O-])c1. The van der Waals surface area contributed by atoms with Gasteiger partial charge in [0.2, 0.25) is 0 Å². The smallest absolute Gasteiger partial charge is 0.311 e. The largest absolute Gasteiger partial charge is 0.502 e. The van der Waals surface area contributed by atoms with E-state index in [1.54, 1.807) is 18.2 Å². The lowest BCUT2D eigenvalue weighted by atomic mass is 10.0. The highest BCUT2D eigenvalue weighted by molar-refractivity contribution is 6.36. The van der Waals surface area contributed by atoms with Gasteiger partial charge in [0, 0.05) is 27.9 Å². The van der Waals surface area contributed by atoms with E-state index in [9.17, 15) is 20.0 Å². The Labute approximate surface area is 129 Å². The molecule has 0 aliphatic carbocycles. The molecule has 1 aliphatic heterocycles. The molecule has 1 amide bonds. The summed E-state index contributed by atoms with van der Waals surface area (Å²) in [5, 5.41) is 23.5. The average molecular weight is 317 g/mol. The summed E-state index contributed by atoms with van der Waals surface area (Å²) in [6.07, 6.45) is 1.52. The van der Waals surface area contributed by atoms with E-state index in [0.717, 1.165) is 0 Å². The highest BCUT2D eigenvalue weighted by Crippen LogP contribution is 2.36. The Bertz CT molecular complexity index is 845. The number of phenolic OH excluding ortho intramolecular Hbond substituents is 1. The summed E-state index contributed by atoms with van der Waals surface area (Å²) in [7, 11) is 0. The standard InChI is InChI=1S/C15H9ClN2O4/c16-9-2-3-12-10(7-9)11(15(20)17-12)5-8-1-4-14(19)13(6-8)18(21)22/h1-7,19H,(H,17,20). The van der Waals surface area contributed by atoms with Gasteiger partial charge in [-0.15, -0.1) is 0 Å². The molecule has 22 heavy (non-hydrogen) atoms. The van der Waals surface area contributed by atoms with Crippen molar-refractivity contribution >= 4 is 40.5 Å².